The van der Waals surface area contributed by atoms with E-state index in [2.05, 4.69) is 34.2 Å². The number of rotatable bonds is 5. The van der Waals surface area contributed by atoms with E-state index in [-0.39, 0.29) is 0 Å². The number of aliphatic hydroxyl groups excluding tert-OH is 1. The van der Waals surface area contributed by atoms with E-state index in [1.54, 1.807) is 12.4 Å². The Morgan fingerprint density at radius 3 is 2.79 bits per heavy atom. The molecule has 0 aliphatic carbocycles. The number of benzene rings is 2. The first-order valence-corrected chi connectivity index (χ1v) is 9.57. The Labute approximate surface area is 165 Å². The Hall–Kier alpha value is -2.95. The van der Waals surface area contributed by atoms with E-state index in [1.165, 1.54) is 5.56 Å². The summed E-state index contributed by atoms with van der Waals surface area (Å²) in [6.07, 6.45) is 7.06. The van der Waals surface area contributed by atoms with E-state index in [0.717, 1.165) is 42.1 Å². The molecule has 0 radical (unpaired) electrons. The molecule has 0 amide bonds. The molecule has 4 heteroatoms. The number of aliphatic hydroxyl groups is 1. The van der Waals surface area contributed by atoms with Crippen molar-refractivity contribution in [2.24, 2.45) is 0 Å². The molecule has 0 spiro atoms. The summed E-state index contributed by atoms with van der Waals surface area (Å²) in [6, 6.07) is 20.0. The van der Waals surface area contributed by atoms with Crippen molar-refractivity contribution in [1.82, 2.24) is 9.88 Å². The van der Waals surface area contributed by atoms with Gasteiger partial charge in [0.1, 0.15) is 18.5 Å². The van der Waals surface area contributed by atoms with Gasteiger partial charge in [-0.15, -0.1) is 0 Å². The van der Waals surface area contributed by atoms with Gasteiger partial charge in [-0.05, 0) is 29.3 Å². The van der Waals surface area contributed by atoms with Crippen LogP contribution in [-0.4, -0.2) is 34.7 Å². The molecule has 1 atom stereocenters. The third kappa shape index (κ3) is 4.47. The molecule has 0 saturated heterocycles. The van der Waals surface area contributed by atoms with Crippen molar-refractivity contribution in [3.63, 3.8) is 0 Å². The summed E-state index contributed by atoms with van der Waals surface area (Å²) in [5, 5.41) is 10.7. The van der Waals surface area contributed by atoms with Gasteiger partial charge in [-0.25, -0.2) is 0 Å². The van der Waals surface area contributed by atoms with E-state index in [4.69, 9.17) is 4.74 Å². The smallest absolute Gasteiger partial charge is 0.123 e. The number of ether oxygens (including phenoxy) is 1. The van der Waals surface area contributed by atoms with Gasteiger partial charge in [0.05, 0.1) is 0 Å². The Morgan fingerprint density at radius 1 is 1.07 bits per heavy atom. The molecule has 142 valence electrons. The third-order valence-corrected chi connectivity index (χ3v) is 4.93. The van der Waals surface area contributed by atoms with Crippen LogP contribution in [0.15, 0.2) is 79.1 Å². The van der Waals surface area contributed by atoms with Gasteiger partial charge in [-0.1, -0.05) is 54.6 Å². The lowest BCUT2D eigenvalue weighted by atomic mass is 10.0. The van der Waals surface area contributed by atoms with Crippen molar-refractivity contribution in [1.29, 1.82) is 0 Å². The first kappa shape index (κ1) is 18.4. The second-order valence-electron chi connectivity index (χ2n) is 6.95. The number of hydrogen-bond donors (Lipinski definition) is 1. The summed E-state index contributed by atoms with van der Waals surface area (Å²) in [5.74, 6) is 0.900. The second-order valence-corrected chi connectivity index (χ2v) is 6.95. The zero-order valence-corrected chi connectivity index (χ0v) is 15.7. The highest BCUT2D eigenvalue weighted by atomic mass is 16.5. The molecule has 0 saturated carbocycles. The van der Waals surface area contributed by atoms with Crippen molar-refractivity contribution in [2.45, 2.75) is 12.6 Å². The summed E-state index contributed by atoms with van der Waals surface area (Å²) in [6.45, 7) is 3.18. The summed E-state index contributed by atoms with van der Waals surface area (Å²) >= 11 is 0. The van der Waals surface area contributed by atoms with Gasteiger partial charge in [-0.3, -0.25) is 9.88 Å². The van der Waals surface area contributed by atoms with Crippen molar-refractivity contribution in [3.8, 4) is 5.75 Å². The molecule has 1 aromatic heterocycles. The molecule has 0 bridgehead atoms. The van der Waals surface area contributed by atoms with Crippen LogP contribution in [0.5, 0.6) is 5.75 Å². The summed E-state index contributed by atoms with van der Waals surface area (Å²) in [7, 11) is 0. The predicted octanol–water partition coefficient (Wildman–Crippen LogP) is 4.07. The molecule has 0 fully saturated rings. The van der Waals surface area contributed by atoms with Crippen molar-refractivity contribution >= 4 is 6.08 Å². The van der Waals surface area contributed by atoms with Crippen molar-refractivity contribution in [3.05, 3.63) is 101 Å². The Balaban J connectivity index is 1.48. The van der Waals surface area contributed by atoms with Gasteiger partial charge in [0.2, 0.25) is 0 Å². The average Bonchev–Trinajstić information content (AvgIpc) is 2.96. The van der Waals surface area contributed by atoms with Crippen LogP contribution in [0.1, 0.15) is 28.4 Å². The molecular weight excluding hydrogens is 348 g/mol. The molecule has 2 heterocycles. The SMILES string of the molecule is OC(c1cccnc1)c1ccc2c(c1)CN(C/C=C/c1ccccc1)CCO2. The lowest BCUT2D eigenvalue weighted by Crippen LogP contribution is -2.25. The fraction of sp³-hybridized carbons (Fsp3) is 0.208. The molecule has 1 N–H and O–H groups in total. The predicted molar refractivity (Wildman–Crippen MR) is 111 cm³/mol. The van der Waals surface area contributed by atoms with Crippen LogP contribution in [0.4, 0.5) is 0 Å². The number of pyridine rings is 1. The standard InChI is InChI=1S/C24H24N2O2/c27-24(21-9-4-12-25-17-21)20-10-11-23-22(16-20)18-26(14-15-28-23)13-5-8-19-6-2-1-3-7-19/h1-12,16-17,24,27H,13-15,18H2/b8-5+. The zero-order valence-electron chi connectivity index (χ0n) is 15.7. The fourth-order valence-corrected chi connectivity index (χ4v) is 3.43. The molecule has 4 nitrogen and oxygen atoms in total. The lowest BCUT2D eigenvalue weighted by Gasteiger charge is -2.18. The topological polar surface area (TPSA) is 45.6 Å². The van der Waals surface area contributed by atoms with Gasteiger partial charge < -0.3 is 9.84 Å². The first-order valence-electron chi connectivity index (χ1n) is 9.57. The lowest BCUT2D eigenvalue weighted by molar-refractivity contribution is 0.219. The summed E-state index contributed by atoms with van der Waals surface area (Å²) in [4.78, 5) is 6.46. The van der Waals surface area contributed by atoms with E-state index in [0.29, 0.717) is 6.61 Å². The highest BCUT2D eigenvalue weighted by Crippen LogP contribution is 2.29. The van der Waals surface area contributed by atoms with Gasteiger partial charge in [0.15, 0.2) is 0 Å². The largest absolute Gasteiger partial charge is 0.492 e. The zero-order chi connectivity index (χ0) is 19.2. The van der Waals surface area contributed by atoms with Crippen LogP contribution in [0, 0.1) is 0 Å². The first-order chi connectivity index (χ1) is 13.8. The molecule has 1 aliphatic rings. The van der Waals surface area contributed by atoms with Crippen LogP contribution in [-0.2, 0) is 6.54 Å². The van der Waals surface area contributed by atoms with Crippen molar-refractivity contribution in [2.75, 3.05) is 19.7 Å². The molecule has 2 aromatic carbocycles. The normalized spacial score (nSPS) is 15.6. The van der Waals surface area contributed by atoms with E-state index in [9.17, 15) is 5.11 Å². The van der Waals surface area contributed by atoms with Crippen LogP contribution in [0.2, 0.25) is 0 Å². The number of fused-ring (bicyclic) bond motifs is 1. The molecule has 1 unspecified atom stereocenters. The maximum atomic E-state index is 10.7. The Morgan fingerprint density at radius 2 is 1.96 bits per heavy atom. The summed E-state index contributed by atoms with van der Waals surface area (Å²) < 4.78 is 5.92. The number of nitrogens with zero attached hydrogens (tertiary/aromatic N) is 2. The number of aromatic nitrogens is 1. The minimum Gasteiger partial charge on any atom is -0.492 e. The number of hydrogen-bond acceptors (Lipinski definition) is 4. The minimum atomic E-state index is -0.686. The van der Waals surface area contributed by atoms with Crippen LogP contribution in [0.25, 0.3) is 6.08 Å². The molecule has 28 heavy (non-hydrogen) atoms. The molecule has 3 aromatic rings. The third-order valence-electron chi connectivity index (χ3n) is 4.93. The highest BCUT2D eigenvalue weighted by molar-refractivity contribution is 5.49. The van der Waals surface area contributed by atoms with Gasteiger partial charge in [0, 0.05) is 43.2 Å². The van der Waals surface area contributed by atoms with Gasteiger partial charge in [-0.2, -0.15) is 0 Å². The van der Waals surface area contributed by atoms with Gasteiger partial charge >= 0.3 is 0 Å². The average molecular weight is 372 g/mol. The minimum absolute atomic E-state index is 0.663. The Bertz CT molecular complexity index is 926. The molecule has 4 rings (SSSR count). The summed E-state index contributed by atoms with van der Waals surface area (Å²) in [5.41, 5.74) is 3.96. The Kier molecular flexibility index (Phi) is 5.80. The van der Waals surface area contributed by atoms with E-state index in [1.807, 2.05) is 48.5 Å². The monoisotopic (exact) mass is 372 g/mol. The van der Waals surface area contributed by atoms with E-state index < -0.39 is 6.10 Å². The molecular formula is C24H24N2O2. The maximum absolute atomic E-state index is 10.7. The maximum Gasteiger partial charge on any atom is 0.123 e. The quantitative estimate of drug-likeness (QED) is 0.733. The van der Waals surface area contributed by atoms with Crippen molar-refractivity contribution < 1.29 is 9.84 Å². The second kappa shape index (κ2) is 8.83. The van der Waals surface area contributed by atoms with Crippen LogP contribution < -0.4 is 4.74 Å². The van der Waals surface area contributed by atoms with Crippen LogP contribution in [0.3, 0.4) is 0 Å². The van der Waals surface area contributed by atoms with Gasteiger partial charge in [0.25, 0.3) is 0 Å². The molecule has 1 aliphatic heterocycles. The highest BCUT2D eigenvalue weighted by Gasteiger charge is 2.18. The van der Waals surface area contributed by atoms with E-state index >= 15 is 0 Å². The fourth-order valence-electron chi connectivity index (χ4n) is 3.43. The van der Waals surface area contributed by atoms with Crippen LogP contribution >= 0.6 is 0 Å².